The summed E-state index contributed by atoms with van der Waals surface area (Å²) in [6.07, 6.45) is 0.215. The quantitative estimate of drug-likeness (QED) is 0.387. The number of hydrogen-bond donors (Lipinski definition) is 2. The summed E-state index contributed by atoms with van der Waals surface area (Å²) in [5.74, 6) is -2.16. The Morgan fingerprint density at radius 2 is 1.85 bits per heavy atom. The van der Waals surface area contributed by atoms with Crippen LogP contribution in [0, 0.1) is 12.7 Å². The predicted octanol–water partition coefficient (Wildman–Crippen LogP) is -0.174. The molecule has 1 aromatic carbocycles. The van der Waals surface area contributed by atoms with Gasteiger partial charge in [0.05, 0.1) is 31.3 Å². The second-order valence-corrected chi connectivity index (χ2v) is 9.84. The van der Waals surface area contributed by atoms with Gasteiger partial charge in [-0.2, -0.15) is 4.31 Å². The van der Waals surface area contributed by atoms with Crippen LogP contribution in [-0.2, 0) is 29.1 Å². The largest absolute Gasteiger partial charge is 0.379 e. The number of aryl methyl sites for hydroxylation is 1. The van der Waals surface area contributed by atoms with Crippen LogP contribution in [0.1, 0.15) is 18.4 Å². The molecular weight excluding hydrogens is 455 g/mol. The summed E-state index contributed by atoms with van der Waals surface area (Å²) in [4.78, 5) is 26.5. The summed E-state index contributed by atoms with van der Waals surface area (Å²) in [7, 11) is -3.98. The predicted molar refractivity (Wildman–Crippen MR) is 117 cm³/mol. The molecule has 0 unspecified atom stereocenters. The van der Waals surface area contributed by atoms with Crippen molar-refractivity contribution in [3.8, 4) is 0 Å². The van der Waals surface area contributed by atoms with Crippen molar-refractivity contribution in [2.24, 2.45) is 0 Å². The summed E-state index contributed by atoms with van der Waals surface area (Å²) in [6, 6.07) is 3.46. The average molecular weight is 487 g/mol. The molecule has 2 aliphatic heterocycles. The number of halogens is 1. The first-order valence-corrected chi connectivity index (χ1v) is 12.5. The molecule has 184 valence electrons. The van der Waals surface area contributed by atoms with Crippen LogP contribution in [0.15, 0.2) is 23.1 Å². The molecule has 1 atom stereocenters. The zero-order valence-corrected chi connectivity index (χ0v) is 19.5. The molecule has 0 spiro atoms. The van der Waals surface area contributed by atoms with Crippen molar-refractivity contribution >= 4 is 21.8 Å². The Balaban J connectivity index is 1.49. The van der Waals surface area contributed by atoms with E-state index in [9.17, 15) is 22.4 Å². The minimum absolute atomic E-state index is 0.0243. The van der Waals surface area contributed by atoms with Gasteiger partial charge in [-0.1, -0.05) is 0 Å². The Kier molecular flexibility index (Phi) is 9.15. The van der Waals surface area contributed by atoms with Crippen LogP contribution in [0.5, 0.6) is 0 Å². The van der Waals surface area contributed by atoms with E-state index >= 15 is 0 Å². The SMILES string of the molecule is Cc1cc(F)ccc1S(=O)(=O)N1CCCO[C@@H]1CNC(=O)C(=O)NCCCN1CCOCC1. The number of nitrogens with one attached hydrogen (secondary N) is 2. The summed E-state index contributed by atoms with van der Waals surface area (Å²) in [5.41, 5.74) is 0.278. The molecule has 0 bridgehead atoms. The van der Waals surface area contributed by atoms with E-state index < -0.39 is 33.9 Å². The van der Waals surface area contributed by atoms with Crippen LogP contribution in [0.25, 0.3) is 0 Å². The van der Waals surface area contributed by atoms with E-state index in [1.165, 1.54) is 13.0 Å². The van der Waals surface area contributed by atoms with Gasteiger partial charge < -0.3 is 20.1 Å². The van der Waals surface area contributed by atoms with Crippen molar-refractivity contribution < 1.29 is 31.9 Å². The van der Waals surface area contributed by atoms with Gasteiger partial charge in [0, 0.05) is 26.2 Å². The third-order valence-electron chi connectivity index (χ3n) is 5.56. The molecular formula is C21H31FN4O6S. The summed E-state index contributed by atoms with van der Waals surface area (Å²) in [5, 5.41) is 5.02. The molecule has 0 radical (unpaired) electrons. The summed E-state index contributed by atoms with van der Waals surface area (Å²) in [6.45, 7) is 6.11. The van der Waals surface area contributed by atoms with Gasteiger partial charge in [-0.15, -0.1) is 0 Å². The zero-order valence-electron chi connectivity index (χ0n) is 18.7. The van der Waals surface area contributed by atoms with E-state index in [1.54, 1.807) is 0 Å². The van der Waals surface area contributed by atoms with Gasteiger partial charge in [-0.05, 0) is 50.1 Å². The zero-order chi connectivity index (χ0) is 23.8. The van der Waals surface area contributed by atoms with Crippen LogP contribution >= 0.6 is 0 Å². The van der Waals surface area contributed by atoms with Crippen LogP contribution < -0.4 is 10.6 Å². The molecule has 2 saturated heterocycles. The molecule has 2 N–H and O–H groups in total. The second-order valence-electron chi connectivity index (χ2n) is 7.98. The fourth-order valence-electron chi connectivity index (χ4n) is 3.80. The van der Waals surface area contributed by atoms with Crippen LogP contribution in [0.4, 0.5) is 4.39 Å². The maximum Gasteiger partial charge on any atom is 0.309 e. The molecule has 12 heteroatoms. The standard InChI is InChI=1S/C21H31FN4O6S/c1-16-14-17(22)4-5-18(16)33(29,30)26-8-3-11-32-19(26)15-24-21(28)20(27)23-6-2-7-25-9-12-31-13-10-25/h4-5,14,19H,2-3,6-13,15H2,1H3,(H,23,27)(H,24,28)/t19-/m1/s1. The van der Waals surface area contributed by atoms with Crippen molar-refractivity contribution in [2.45, 2.75) is 30.9 Å². The van der Waals surface area contributed by atoms with Crippen LogP contribution in [0.2, 0.25) is 0 Å². The number of amides is 2. The number of ether oxygens (including phenoxy) is 2. The van der Waals surface area contributed by atoms with Crippen molar-refractivity contribution in [1.29, 1.82) is 0 Å². The normalized spacial score (nSPS) is 20.4. The first kappa shape index (κ1) is 25.5. The number of rotatable bonds is 8. The molecule has 0 saturated carbocycles. The molecule has 0 aliphatic carbocycles. The third kappa shape index (κ3) is 6.93. The molecule has 33 heavy (non-hydrogen) atoms. The fourth-order valence-corrected chi connectivity index (χ4v) is 5.57. The van der Waals surface area contributed by atoms with Gasteiger partial charge in [0.25, 0.3) is 0 Å². The number of nitrogens with zero attached hydrogens (tertiary/aromatic N) is 2. The number of sulfonamides is 1. The summed E-state index contributed by atoms with van der Waals surface area (Å²) >= 11 is 0. The molecule has 3 rings (SSSR count). The van der Waals surface area contributed by atoms with Crippen LogP contribution in [-0.4, -0.2) is 94.8 Å². The maximum absolute atomic E-state index is 13.4. The van der Waals surface area contributed by atoms with Gasteiger partial charge in [0.15, 0.2) is 0 Å². The Morgan fingerprint density at radius 1 is 1.12 bits per heavy atom. The third-order valence-corrected chi connectivity index (χ3v) is 7.61. The topological polar surface area (TPSA) is 117 Å². The van der Waals surface area contributed by atoms with Crippen molar-refractivity contribution in [3.63, 3.8) is 0 Å². The second kappa shape index (κ2) is 11.8. The first-order chi connectivity index (χ1) is 15.8. The molecule has 0 aromatic heterocycles. The number of benzene rings is 1. The van der Waals surface area contributed by atoms with Gasteiger partial charge in [-0.3, -0.25) is 14.5 Å². The van der Waals surface area contributed by atoms with Gasteiger partial charge in [-0.25, -0.2) is 12.8 Å². The molecule has 2 heterocycles. The lowest BCUT2D eigenvalue weighted by molar-refractivity contribution is -0.140. The highest BCUT2D eigenvalue weighted by Gasteiger charge is 2.35. The summed E-state index contributed by atoms with van der Waals surface area (Å²) < 4.78 is 51.7. The van der Waals surface area contributed by atoms with E-state index in [4.69, 9.17) is 9.47 Å². The number of morpholine rings is 1. The molecule has 2 amide bonds. The lowest BCUT2D eigenvalue weighted by Crippen LogP contribution is -2.53. The van der Waals surface area contributed by atoms with Gasteiger partial charge in [0.2, 0.25) is 10.0 Å². The Bertz CT molecular complexity index is 939. The highest BCUT2D eigenvalue weighted by atomic mass is 32.2. The minimum atomic E-state index is -3.98. The smallest absolute Gasteiger partial charge is 0.309 e. The molecule has 10 nitrogen and oxygen atoms in total. The average Bonchev–Trinajstić information content (AvgIpc) is 2.80. The van der Waals surface area contributed by atoms with Gasteiger partial charge in [0.1, 0.15) is 12.0 Å². The van der Waals surface area contributed by atoms with E-state index in [-0.39, 0.29) is 23.5 Å². The first-order valence-electron chi connectivity index (χ1n) is 11.0. The lowest BCUT2D eigenvalue weighted by Gasteiger charge is -2.34. The van der Waals surface area contributed by atoms with Crippen molar-refractivity contribution in [3.05, 3.63) is 29.6 Å². The minimum Gasteiger partial charge on any atom is -0.379 e. The van der Waals surface area contributed by atoms with E-state index in [0.717, 1.165) is 36.1 Å². The van der Waals surface area contributed by atoms with E-state index in [2.05, 4.69) is 15.5 Å². The highest BCUT2D eigenvalue weighted by molar-refractivity contribution is 7.89. The number of carbonyl (C=O) groups excluding carboxylic acids is 2. The van der Waals surface area contributed by atoms with E-state index in [0.29, 0.717) is 39.2 Å². The number of carbonyl (C=O) groups is 2. The highest BCUT2D eigenvalue weighted by Crippen LogP contribution is 2.25. The monoisotopic (exact) mass is 486 g/mol. The van der Waals surface area contributed by atoms with Gasteiger partial charge >= 0.3 is 11.8 Å². The fraction of sp³-hybridized carbons (Fsp3) is 0.619. The Hall–Kier alpha value is -2.12. The molecule has 1 aromatic rings. The molecule has 2 fully saturated rings. The van der Waals surface area contributed by atoms with E-state index in [1.807, 2.05) is 0 Å². The van der Waals surface area contributed by atoms with Crippen molar-refractivity contribution in [2.75, 3.05) is 59.1 Å². The van der Waals surface area contributed by atoms with Crippen LogP contribution in [0.3, 0.4) is 0 Å². The molecule has 2 aliphatic rings. The lowest BCUT2D eigenvalue weighted by atomic mass is 10.2. The maximum atomic E-state index is 13.4. The Morgan fingerprint density at radius 3 is 2.58 bits per heavy atom. The van der Waals surface area contributed by atoms with Crippen molar-refractivity contribution in [1.82, 2.24) is 19.8 Å². The number of hydrogen-bond acceptors (Lipinski definition) is 7. The Labute approximate surface area is 193 Å².